The Hall–Kier alpha value is -3.72. The maximum atomic E-state index is 5.84. The molecule has 0 unspecified atom stereocenters. The predicted octanol–water partition coefficient (Wildman–Crippen LogP) is 7.59. The molecule has 0 aliphatic rings. The van der Waals surface area contributed by atoms with Crippen molar-refractivity contribution >= 4 is 17.1 Å². The van der Waals surface area contributed by atoms with E-state index in [1.807, 2.05) is 19.1 Å². The lowest BCUT2D eigenvalue weighted by Crippen LogP contribution is -1.98. The topological polar surface area (TPSA) is 61.3 Å². The van der Waals surface area contributed by atoms with E-state index in [1.54, 1.807) is 6.07 Å². The number of ether oxygens (including phenoxy) is 1. The van der Waals surface area contributed by atoms with Crippen molar-refractivity contribution in [3.05, 3.63) is 114 Å². The lowest BCUT2D eigenvalue weighted by Gasteiger charge is -2.11. The SMILES string of the molecule is C=C(C)C(=C)Cc1ccc(-c2ccc(CCCCCOC(=C)c3cc(N)cc(N)c3)cc2)cc1. The van der Waals surface area contributed by atoms with Gasteiger partial charge < -0.3 is 16.2 Å². The highest BCUT2D eigenvalue weighted by Gasteiger charge is 2.04. The number of unbranched alkanes of at least 4 members (excludes halogenated alkanes) is 2. The summed E-state index contributed by atoms with van der Waals surface area (Å²) in [5, 5.41) is 0. The van der Waals surface area contributed by atoms with Crippen LogP contribution in [0.15, 0.2) is 97.6 Å². The minimum Gasteiger partial charge on any atom is -0.494 e. The molecule has 3 aromatic carbocycles. The molecule has 0 atom stereocenters. The summed E-state index contributed by atoms with van der Waals surface area (Å²) in [5.74, 6) is 0.614. The number of rotatable bonds is 12. The van der Waals surface area contributed by atoms with Gasteiger partial charge in [0.2, 0.25) is 0 Å². The van der Waals surface area contributed by atoms with E-state index in [0.29, 0.717) is 23.7 Å². The van der Waals surface area contributed by atoms with Gasteiger partial charge in [-0.2, -0.15) is 0 Å². The predicted molar refractivity (Wildman–Crippen MR) is 147 cm³/mol. The summed E-state index contributed by atoms with van der Waals surface area (Å²) in [4.78, 5) is 0. The third-order valence-corrected chi connectivity index (χ3v) is 5.95. The van der Waals surface area contributed by atoms with Crippen LogP contribution < -0.4 is 11.5 Å². The minimum absolute atomic E-state index is 0.614. The van der Waals surface area contributed by atoms with Crippen LogP contribution in [0.5, 0.6) is 0 Å². The first-order chi connectivity index (χ1) is 16.3. The lowest BCUT2D eigenvalue weighted by atomic mass is 9.97. The van der Waals surface area contributed by atoms with Gasteiger partial charge >= 0.3 is 0 Å². The fourth-order valence-electron chi connectivity index (χ4n) is 3.80. The van der Waals surface area contributed by atoms with E-state index in [0.717, 1.165) is 48.8 Å². The molecule has 4 N–H and O–H groups in total. The van der Waals surface area contributed by atoms with Crippen LogP contribution >= 0.6 is 0 Å². The Labute approximate surface area is 204 Å². The van der Waals surface area contributed by atoms with Gasteiger partial charge in [-0.1, -0.05) is 73.8 Å². The van der Waals surface area contributed by atoms with Gasteiger partial charge in [-0.05, 0) is 85.1 Å². The van der Waals surface area contributed by atoms with Crippen LogP contribution in [0.2, 0.25) is 0 Å². The van der Waals surface area contributed by atoms with Crippen molar-refractivity contribution in [3.63, 3.8) is 0 Å². The highest BCUT2D eigenvalue weighted by Crippen LogP contribution is 2.23. The second-order valence-corrected chi connectivity index (χ2v) is 8.93. The van der Waals surface area contributed by atoms with Crippen LogP contribution in [0.1, 0.15) is 42.9 Å². The Morgan fingerprint density at radius 2 is 1.29 bits per heavy atom. The van der Waals surface area contributed by atoms with Gasteiger partial charge in [-0.15, -0.1) is 0 Å². The number of hydrogen-bond donors (Lipinski definition) is 2. The Morgan fingerprint density at radius 3 is 1.85 bits per heavy atom. The van der Waals surface area contributed by atoms with Crippen LogP contribution in [-0.4, -0.2) is 6.61 Å². The number of nitrogen functional groups attached to an aromatic ring is 2. The molecule has 0 fully saturated rings. The Kier molecular flexibility index (Phi) is 8.75. The highest BCUT2D eigenvalue weighted by atomic mass is 16.5. The summed E-state index contributed by atoms with van der Waals surface area (Å²) in [6, 6.07) is 23.0. The molecule has 0 amide bonds. The van der Waals surface area contributed by atoms with E-state index in [2.05, 4.69) is 68.3 Å². The first kappa shape index (κ1) is 24.9. The van der Waals surface area contributed by atoms with E-state index in [-0.39, 0.29) is 0 Å². The number of anilines is 2. The van der Waals surface area contributed by atoms with Crippen molar-refractivity contribution in [1.82, 2.24) is 0 Å². The van der Waals surface area contributed by atoms with Gasteiger partial charge in [0.05, 0.1) is 6.61 Å². The molecule has 0 saturated heterocycles. The first-order valence-electron chi connectivity index (χ1n) is 11.8. The van der Waals surface area contributed by atoms with Crippen molar-refractivity contribution in [2.75, 3.05) is 18.1 Å². The monoisotopic (exact) mass is 452 g/mol. The van der Waals surface area contributed by atoms with E-state index in [4.69, 9.17) is 16.2 Å². The zero-order valence-electron chi connectivity index (χ0n) is 20.3. The molecule has 3 rings (SSSR count). The molecule has 0 saturated carbocycles. The molecule has 3 nitrogen and oxygen atoms in total. The lowest BCUT2D eigenvalue weighted by molar-refractivity contribution is 0.268. The van der Waals surface area contributed by atoms with Gasteiger partial charge in [-0.25, -0.2) is 0 Å². The van der Waals surface area contributed by atoms with Crippen molar-refractivity contribution < 1.29 is 4.74 Å². The van der Waals surface area contributed by atoms with E-state index in [9.17, 15) is 0 Å². The largest absolute Gasteiger partial charge is 0.494 e. The molecular formula is C31H36N2O. The third kappa shape index (κ3) is 7.41. The van der Waals surface area contributed by atoms with E-state index in [1.165, 1.54) is 22.3 Å². The zero-order valence-corrected chi connectivity index (χ0v) is 20.3. The summed E-state index contributed by atoms with van der Waals surface area (Å²) >= 11 is 0. The Morgan fingerprint density at radius 1 is 0.735 bits per heavy atom. The quantitative estimate of drug-likeness (QED) is 0.129. The van der Waals surface area contributed by atoms with Crippen LogP contribution in [-0.2, 0) is 17.6 Å². The fourth-order valence-corrected chi connectivity index (χ4v) is 3.80. The fraction of sp³-hybridized carbons (Fsp3) is 0.226. The first-order valence-corrected chi connectivity index (χ1v) is 11.8. The summed E-state index contributed by atoms with van der Waals surface area (Å²) in [6.45, 7) is 14.7. The normalized spacial score (nSPS) is 10.6. The molecule has 3 heteroatoms. The second kappa shape index (κ2) is 11.9. The zero-order chi connectivity index (χ0) is 24.5. The van der Waals surface area contributed by atoms with E-state index < -0.39 is 0 Å². The van der Waals surface area contributed by atoms with Gasteiger partial charge in [0.1, 0.15) is 5.76 Å². The number of benzene rings is 3. The number of aryl methyl sites for hydroxylation is 1. The van der Waals surface area contributed by atoms with E-state index >= 15 is 0 Å². The second-order valence-electron chi connectivity index (χ2n) is 8.93. The Bertz CT molecular complexity index is 1120. The molecule has 0 bridgehead atoms. The highest BCUT2D eigenvalue weighted by molar-refractivity contribution is 5.67. The molecule has 34 heavy (non-hydrogen) atoms. The smallest absolute Gasteiger partial charge is 0.119 e. The van der Waals surface area contributed by atoms with Gasteiger partial charge in [0.25, 0.3) is 0 Å². The summed E-state index contributed by atoms with van der Waals surface area (Å²) in [6.07, 6.45) is 5.13. The molecule has 0 radical (unpaired) electrons. The number of hydrogen-bond acceptors (Lipinski definition) is 3. The number of nitrogens with two attached hydrogens (primary N) is 2. The molecule has 0 aliphatic heterocycles. The Balaban J connectivity index is 1.39. The van der Waals surface area contributed by atoms with Crippen LogP contribution in [0, 0.1) is 0 Å². The molecule has 0 heterocycles. The molecule has 0 spiro atoms. The average Bonchev–Trinajstić information content (AvgIpc) is 2.81. The summed E-state index contributed by atoms with van der Waals surface area (Å²) in [7, 11) is 0. The van der Waals surface area contributed by atoms with Crippen LogP contribution in [0.25, 0.3) is 16.9 Å². The molecule has 0 aromatic heterocycles. The van der Waals surface area contributed by atoms with Crippen molar-refractivity contribution in [2.45, 2.75) is 39.0 Å². The maximum absolute atomic E-state index is 5.84. The van der Waals surface area contributed by atoms with Crippen LogP contribution in [0.3, 0.4) is 0 Å². The van der Waals surface area contributed by atoms with Crippen molar-refractivity contribution in [3.8, 4) is 11.1 Å². The molecular weight excluding hydrogens is 416 g/mol. The number of allylic oxidation sites excluding steroid dienone is 2. The van der Waals surface area contributed by atoms with Crippen LogP contribution in [0.4, 0.5) is 11.4 Å². The molecule has 0 aliphatic carbocycles. The molecule has 3 aromatic rings. The third-order valence-electron chi connectivity index (χ3n) is 5.95. The maximum Gasteiger partial charge on any atom is 0.119 e. The summed E-state index contributed by atoms with van der Waals surface area (Å²) in [5.41, 5.74) is 21.0. The molecule has 176 valence electrons. The standard InChI is InChI=1S/C31H36N2O/c1-22(2)23(3)18-26-11-15-28(16-12-26)27-13-9-25(10-14-27)8-6-5-7-17-34-24(4)29-19-30(32)21-31(33)20-29/h9-16,19-21H,1,3-8,17-18,32-33H2,2H3. The van der Waals surface area contributed by atoms with Gasteiger partial charge in [0.15, 0.2) is 0 Å². The van der Waals surface area contributed by atoms with Gasteiger partial charge in [-0.3, -0.25) is 0 Å². The minimum atomic E-state index is 0.614. The average molecular weight is 453 g/mol. The van der Waals surface area contributed by atoms with Gasteiger partial charge in [0, 0.05) is 16.9 Å². The van der Waals surface area contributed by atoms with Crippen molar-refractivity contribution in [1.29, 1.82) is 0 Å². The summed E-state index contributed by atoms with van der Waals surface area (Å²) < 4.78 is 5.78. The van der Waals surface area contributed by atoms with Crippen molar-refractivity contribution in [2.24, 2.45) is 0 Å².